The quantitative estimate of drug-likeness (QED) is 0.351. The van der Waals surface area contributed by atoms with Gasteiger partial charge in [-0.05, 0) is 6.42 Å². The molecule has 0 bridgehead atoms. The summed E-state index contributed by atoms with van der Waals surface area (Å²) in [5.74, 6) is 0. The van der Waals surface area contributed by atoms with Gasteiger partial charge < -0.3 is 4.55 Å². The molecule has 0 amide bonds. The minimum absolute atomic E-state index is 0.604. The fourth-order valence-electron chi connectivity index (χ4n) is 2.49. The Hall–Kier alpha value is -0.420. The zero-order valence-corrected chi connectivity index (χ0v) is 14.7. The van der Waals surface area contributed by atoms with Gasteiger partial charge in [-0.25, -0.2) is 13.0 Å². The second kappa shape index (κ2) is 13.3. The van der Waals surface area contributed by atoms with Crippen LogP contribution in [-0.2, 0) is 10.1 Å². The summed E-state index contributed by atoms with van der Waals surface area (Å²) in [6, 6.07) is 0. The molecule has 126 valence electrons. The normalized spacial score (nSPS) is 14.5. The minimum Gasteiger partial charge on any atom is -0.748 e. The number of unbranched alkanes of at least 4 members (excludes halogenated alkanes) is 8. The van der Waals surface area contributed by atoms with E-state index in [1.54, 1.807) is 0 Å². The average molecular weight is 320 g/mol. The molecule has 0 fully saturated rings. The standard InChI is InChI=1S/C15H30N.CH4O3S/c1-2-3-4-5-6-7-8-9-10-13-16-14-11-12-15-16;1-5(2,3)4/h14H,2-13,15H2,1H3;1H3,(H,2,3,4)/q+1;/p-1. The zero-order valence-electron chi connectivity index (χ0n) is 13.8. The Kier molecular flexibility index (Phi) is 13.0. The Morgan fingerprint density at radius 2 is 1.48 bits per heavy atom. The van der Waals surface area contributed by atoms with Crippen molar-refractivity contribution in [2.75, 3.05) is 19.3 Å². The Labute approximate surface area is 131 Å². The molecule has 5 heteroatoms. The summed E-state index contributed by atoms with van der Waals surface area (Å²) in [5, 5.41) is 0. The van der Waals surface area contributed by atoms with Crippen LogP contribution >= 0.6 is 0 Å². The van der Waals surface area contributed by atoms with Crippen LogP contribution in [0.2, 0.25) is 0 Å². The topological polar surface area (TPSA) is 60.2 Å². The van der Waals surface area contributed by atoms with Gasteiger partial charge in [0.15, 0.2) is 0 Å². The molecule has 21 heavy (non-hydrogen) atoms. The Balaban J connectivity index is 0.000000690. The molecular weight excluding hydrogens is 286 g/mol. The van der Waals surface area contributed by atoms with E-state index in [0.717, 1.165) is 0 Å². The van der Waals surface area contributed by atoms with Crippen LogP contribution in [0.5, 0.6) is 0 Å². The van der Waals surface area contributed by atoms with Crippen LogP contribution in [0.3, 0.4) is 0 Å². The molecule has 0 saturated heterocycles. The minimum atomic E-state index is -3.92. The van der Waals surface area contributed by atoms with Gasteiger partial charge >= 0.3 is 0 Å². The molecule has 0 atom stereocenters. The van der Waals surface area contributed by atoms with Crippen molar-refractivity contribution in [1.29, 1.82) is 0 Å². The molecule has 0 aliphatic carbocycles. The third-order valence-electron chi connectivity index (χ3n) is 3.59. The Morgan fingerprint density at radius 1 is 1.00 bits per heavy atom. The average Bonchev–Trinajstić information content (AvgIpc) is 2.88. The van der Waals surface area contributed by atoms with Crippen molar-refractivity contribution in [3.05, 3.63) is 0 Å². The molecule has 0 spiro atoms. The van der Waals surface area contributed by atoms with Crippen molar-refractivity contribution in [3.8, 4) is 0 Å². The fourth-order valence-corrected chi connectivity index (χ4v) is 2.49. The van der Waals surface area contributed by atoms with E-state index in [0.29, 0.717) is 6.26 Å². The van der Waals surface area contributed by atoms with Crippen LogP contribution in [-0.4, -0.2) is 43.1 Å². The lowest BCUT2D eigenvalue weighted by Crippen LogP contribution is -2.09. The molecule has 0 unspecified atom stereocenters. The van der Waals surface area contributed by atoms with E-state index in [2.05, 4.69) is 17.7 Å². The second-order valence-corrected chi connectivity index (χ2v) is 7.30. The molecule has 1 heterocycles. The third-order valence-corrected chi connectivity index (χ3v) is 3.59. The van der Waals surface area contributed by atoms with Gasteiger partial charge in [-0.3, -0.25) is 0 Å². The molecule has 0 saturated carbocycles. The van der Waals surface area contributed by atoms with Gasteiger partial charge in [0.2, 0.25) is 0 Å². The monoisotopic (exact) mass is 319 g/mol. The largest absolute Gasteiger partial charge is 0.748 e. The predicted octanol–water partition coefficient (Wildman–Crippen LogP) is 3.56. The van der Waals surface area contributed by atoms with E-state index in [4.69, 9.17) is 13.0 Å². The van der Waals surface area contributed by atoms with Gasteiger partial charge in [-0.2, -0.15) is 0 Å². The Bertz CT molecular complexity index is 356. The predicted molar refractivity (Wildman–Crippen MR) is 88.1 cm³/mol. The Morgan fingerprint density at radius 3 is 1.90 bits per heavy atom. The highest BCUT2D eigenvalue weighted by Gasteiger charge is 2.09. The first kappa shape index (κ1) is 20.6. The van der Waals surface area contributed by atoms with Crippen molar-refractivity contribution < 1.29 is 17.5 Å². The van der Waals surface area contributed by atoms with Gasteiger partial charge in [0.1, 0.15) is 19.3 Å². The maximum Gasteiger partial charge on any atom is 0.143 e. The third kappa shape index (κ3) is 19.6. The summed E-state index contributed by atoms with van der Waals surface area (Å²) in [4.78, 5) is 0. The molecule has 0 aromatic carbocycles. The van der Waals surface area contributed by atoms with Gasteiger partial charge in [0.25, 0.3) is 0 Å². The molecule has 0 aromatic heterocycles. The van der Waals surface area contributed by atoms with E-state index in [1.807, 2.05) is 0 Å². The van der Waals surface area contributed by atoms with Crippen LogP contribution < -0.4 is 0 Å². The van der Waals surface area contributed by atoms with Gasteiger partial charge in [-0.15, -0.1) is 0 Å². The zero-order chi connectivity index (χ0) is 16.0. The number of rotatable bonds is 10. The first-order valence-electron chi connectivity index (χ1n) is 8.41. The van der Waals surface area contributed by atoms with Crippen LogP contribution in [0.4, 0.5) is 0 Å². The molecule has 4 nitrogen and oxygen atoms in total. The first-order chi connectivity index (χ1) is 9.93. The van der Waals surface area contributed by atoms with Crippen molar-refractivity contribution >= 4 is 16.3 Å². The maximum absolute atomic E-state index is 9.08. The second-order valence-electron chi connectivity index (χ2n) is 5.89. The SMILES string of the molecule is CCCCCCCCCCC[N+]1=CCCC1.CS(=O)(=O)[O-]. The smallest absolute Gasteiger partial charge is 0.143 e. The van der Waals surface area contributed by atoms with Crippen LogP contribution in [0.1, 0.15) is 77.6 Å². The van der Waals surface area contributed by atoms with E-state index in [9.17, 15) is 0 Å². The van der Waals surface area contributed by atoms with Crippen LogP contribution in [0, 0.1) is 0 Å². The molecular formula is C16H33NO3S. The fraction of sp³-hybridized carbons (Fsp3) is 0.938. The molecule has 0 N–H and O–H groups in total. The summed E-state index contributed by atoms with van der Waals surface area (Å²) in [7, 11) is -3.92. The lowest BCUT2D eigenvalue weighted by molar-refractivity contribution is -0.516. The highest BCUT2D eigenvalue weighted by Crippen LogP contribution is 2.09. The van der Waals surface area contributed by atoms with Crippen LogP contribution in [0.25, 0.3) is 0 Å². The number of hydrogen-bond acceptors (Lipinski definition) is 3. The van der Waals surface area contributed by atoms with E-state index in [-0.39, 0.29) is 0 Å². The number of hydrogen-bond donors (Lipinski definition) is 0. The van der Waals surface area contributed by atoms with Crippen molar-refractivity contribution in [2.24, 2.45) is 0 Å². The van der Waals surface area contributed by atoms with Crippen molar-refractivity contribution in [3.63, 3.8) is 0 Å². The van der Waals surface area contributed by atoms with E-state index < -0.39 is 10.1 Å². The number of nitrogens with zero attached hydrogens (tertiary/aromatic N) is 1. The van der Waals surface area contributed by atoms with E-state index >= 15 is 0 Å². The lowest BCUT2D eigenvalue weighted by atomic mass is 10.1. The molecule has 0 aromatic rings. The molecule has 1 aliphatic heterocycles. The molecule has 1 aliphatic rings. The summed E-state index contributed by atoms with van der Waals surface area (Å²) >= 11 is 0. The first-order valence-corrected chi connectivity index (χ1v) is 10.2. The van der Waals surface area contributed by atoms with E-state index in [1.165, 1.54) is 83.7 Å². The lowest BCUT2D eigenvalue weighted by Gasteiger charge is -2.01. The summed E-state index contributed by atoms with van der Waals surface area (Å²) in [5.41, 5.74) is 0. The van der Waals surface area contributed by atoms with Gasteiger partial charge in [0.05, 0.1) is 10.1 Å². The van der Waals surface area contributed by atoms with Gasteiger partial charge in [-0.1, -0.05) is 51.9 Å². The van der Waals surface area contributed by atoms with Gasteiger partial charge in [0, 0.05) is 25.5 Å². The van der Waals surface area contributed by atoms with Crippen molar-refractivity contribution in [1.82, 2.24) is 0 Å². The summed E-state index contributed by atoms with van der Waals surface area (Å²) < 4.78 is 29.7. The highest BCUT2D eigenvalue weighted by molar-refractivity contribution is 7.84. The van der Waals surface area contributed by atoms with Crippen LogP contribution in [0.15, 0.2) is 0 Å². The molecule has 1 rings (SSSR count). The summed E-state index contributed by atoms with van der Waals surface area (Å²) in [6.45, 7) is 4.92. The van der Waals surface area contributed by atoms with Crippen molar-refractivity contribution in [2.45, 2.75) is 77.6 Å². The maximum atomic E-state index is 9.08. The summed E-state index contributed by atoms with van der Waals surface area (Å²) in [6.07, 6.45) is 18.7. The molecule has 0 radical (unpaired) electrons. The highest BCUT2D eigenvalue weighted by atomic mass is 32.2.